The van der Waals surface area contributed by atoms with Crippen LogP contribution >= 0.6 is 0 Å². The Kier molecular flexibility index (Phi) is 5.14. The topological polar surface area (TPSA) is 92.8 Å². The van der Waals surface area contributed by atoms with Crippen molar-refractivity contribution in [3.63, 3.8) is 0 Å². The Hall–Kier alpha value is -2.01. The van der Waals surface area contributed by atoms with Crippen molar-refractivity contribution < 1.29 is 26.0 Å². The summed E-state index contributed by atoms with van der Waals surface area (Å²) in [5, 5.41) is 0. The zero-order valence-electron chi connectivity index (χ0n) is 15.8. The summed E-state index contributed by atoms with van der Waals surface area (Å²) in [5.74, 6) is -0.682. The van der Waals surface area contributed by atoms with Gasteiger partial charge in [0, 0.05) is 13.1 Å². The summed E-state index contributed by atoms with van der Waals surface area (Å²) in [7, 11) is -8.05. The van der Waals surface area contributed by atoms with Gasteiger partial charge in [0.1, 0.15) is 27.1 Å². The van der Waals surface area contributed by atoms with Gasteiger partial charge in [-0.3, -0.25) is 0 Å². The lowest BCUT2D eigenvalue weighted by atomic mass is 10.2. The number of nitrogens with one attached hydrogen (secondary N) is 1. The molecule has 2 aromatic rings. The average Bonchev–Trinajstić information content (AvgIpc) is 3.15. The zero-order chi connectivity index (χ0) is 20.8. The maximum absolute atomic E-state index is 13.6. The van der Waals surface area contributed by atoms with Crippen LogP contribution in [0.15, 0.2) is 45.0 Å². The Balaban J connectivity index is 1.66. The summed E-state index contributed by atoms with van der Waals surface area (Å²) >= 11 is 0. The van der Waals surface area contributed by atoms with Crippen LogP contribution in [0, 0.1) is 12.7 Å². The van der Waals surface area contributed by atoms with Gasteiger partial charge < -0.3 is 9.64 Å². The standard InChI is InChI=1S/C19H21FN2O5S2/c1-13-10-16-19(28(23,24)18-11-14(20)4-5-15(18)27-16)12-17(13)29(25,26)21-6-9-22-7-2-3-8-22/h4-5,10-12,21H,2-3,6-9H2,1H3. The van der Waals surface area contributed by atoms with E-state index in [1.54, 1.807) is 6.92 Å². The molecule has 0 aromatic heterocycles. The molecule has 1 N–H and O–H groups in total. The minimum Gasteiger partial charge on any atom is -0.455 e. The van der Waals surface area contributed by atoms with Gasteiger partial charge in [-0.05, 0) is 68.8 Å². The minimum atomic E-state index is -4.12. The highest BCUT2D eigenvalue weighted by Gasteiger charge is 2.34. The van der Waals surface area contributed by atoms with Crippen molar-refractivity contribution in [2.24, 2.45) is 0 Å². The molecule has 2 heterocycles. The second kappa shape index (κ2) is 7.35. The van der Waals surface area contributed by atoms with Gasteiger partial charge >= 0.3 is 0 Å². The highest BCUT2D eigenvalue weighted by atomic mass is 32.2. The molecule has 7 nitrogen and oxygen atoms in total. The first kappa shape index (κ1) is 20.3. The molecule has 1 fully saturated rings. The molecule has 0 aliphatic carbocycles. The van der Waals surface area contributed by atoms with Gasteiger partial charge in [0.05, 0.1) is 4.90 Å². The normalized spacial score (nSPS) is 18.1. The van der Waals surface area contributed by atoms with Crippen molar-refractivity contribution in [3.05, 3.63) is 41.7 Å². The summed E-state index contributed by atoms with van der Waals surface area (Å²) < 4.78 is 73.2. The molecule has 29 heavy (non-hydrogen) atoms. The minimum absolute atomic E-state index is 0.0117. The monoisotopic (exact) mass is 440 g/mol. The largest absolute Gasteiger partial charge is 0.455 e. The number of hydrogen-bond acceptors (Lipinski definition) is 6. The van der Waals surface area contributed by atoms with E-state index >= 15 is 0 Å². The van der Waals surface area contributed by atoms with Crippen molar-refractivity contribution in [2.45, 2.75) is 34.5 Å². The Morgan fingerprint density at radius 3 is 2.52 bits per heavy atom. The molecule has 2 aliphatic rings. The molecule has 4 rings (SSSR count). The van der Waals surface area contributed by atoms with E-state index in [9.17, 15) is 21.2 Å². The van der Waals surface area contributed by atoms with Crippen LogP contribution in [0.5, 0.6) is 11.5 Å². The molecule has 0 amide bonds. The van der Waals surface area contributed by atoms with E-state index in [0.717, 1.165) is 44.1 Å². The van der Waals surface area contributed by atoms with Gasteiger partial charge in [-0.15, -0.1) is 0 Å². The highest BCUT2D eigenvalue weighted by molar-refractivity contribution is 7.92. The summed E-state index contributed by atoms with van der Waals surface area (Å²) in [6.07, 6.45) is 2.22. The van der Waals surface area contributed by atoms with Crippen LogP contribution in [-0.4, -0.2) is 47.9 Å². The summed E-state index contributed by atoms with van der Waals surface area (Å²) in [4.78, 5) is 1.43. The fourth-order valence-electron chi connectivity index (χ4n) is 3.66. The van der Waals surface area contributed by atoms with Gasteiger partial charge in [0.25, 0.3) is 0 Å². The van der Waals surface area contributed by atoms with E-state index in [-0.39, 0.29) is 32.7 Å². The number of aryl methyl sites for hydroxylation is 1. The summed E-state index contributed by atoms with van der Waals surface area (Å²) in [6.45, 7) is 4.30. The number of sulfonamides is 1. The Morgan fingerprint density at radius 2 is 1.79 bits per heavy atom. The fourth-order valence-corrected chi connectivity index (χ4v) is 6.52. The maximum Gasteiger partial charge on any atom is 0.240 e. The number of halogens is 1. The van der Waals surface area contributed by atoms with Crippen LogP contribution in [0.1, 0.15) is 18.4 Å². The Bertz CT molecular complexity index is 1170. The molecule has 156 valence electrons. The number of likely N-dealkylation sites (tertiary alicyclic amines) is 1. The van der Waals surface area contributed by atoms with Crippen molar-refractivity contribution >= 4 is 19.9 Å². The SMILES string of the molecule is Cc1cc2c(cc1S(=O)(=O)NCCN1CCCC1)S(=O)(=O)c1cc(F)ccc1O2. The molecule has 0 unspecified atom stereocenters. The number of sulfone groups is 1. The molecule has 2 aromatic carbocycles. The molecular formula is C19H21FN2O5S2. The third-order valence-corrected chi connectivity index (χ3v) is 8.55. The fraction of sp³-hybridized carbons (Fsp3) is 0.368. The number of nitrogens with zero attached hydrogens (tertiary/aromatic N) is 1. The second-order valence-electron chi connectivity index (χ2n) is 7.21. The summed E-state index contributed by atoms with van der Waals surface area (Å²) in [6, 6.07) is 5.69. The first-order valence-electron chi connectivity index (χ1n) is 9.28. The second-order valence-corrected chi connectivity index (χ2v) is 10.8. The average molecular weight is 441 g/mol. The van der Waals surface area contributed by atoms with Gasteiger partial charge in [0.15, 0.2) is 0 Å². The highest BCUT2D eigenvalue weighted by Crippen LogP contribution is 2.44. The van der Waals surface area contributed by atoms with Gasteiger partial charge in [0.2, 0.25) is 19.9 Å². The molecule has 1 saturated heterocycles. The zero-order valence-corrected chi connectivity index (χ0v) is 17.4. The van der Waals surface area contributed by atoms with E-state index in [1.807, 2.05) is 0 Å². The quantitative estimate of drug-likeness (QED) is 0.655. The molecule has 0 saturated carbocycles. The lowest BCUT2D eigenvalue weighted by Gasteiger charge is -2.22. The van der Waals surface area contributed by atoms with Crippen LogP contribution in [0.25, 0.3) is 0 Å². The molecule has 0 bridgehead atoms. The first-order valence-corrected chi connectivity index (χ1v) is 12.2. The number of hydrogen-bond donors (Lipinski definition) is 1. The number of fused-ring (bicyclic) bond motifs is 2. The first-order chi connectivity index (χ1) is 13.7. The van der Waals surface area contributed by atoms with Gasteiger partial charge in [-0.25, -0.2) is 25.9 Å². The van der Waals surface area contributed by atoms with E-state index in [4.69, 9.17) is 4.74 Å². The van der Waals surface area contributed by atoms with Crippen LogP contribution in [0.2, 0.25) is 0 Å². The number of rotatable bonds is 5. The van der Waals surface area contributed by atoms with Crippen LogP contribution in [0.3, 0.4) is 0 Å². The van der Waals surface area contributed by atoms with Crippen molar-refractivity contribution in [2.75, 3.05) is 26.2 Å². The summed E-state index contributed by atoms with van der Waals surface area (Å²) in [5.41, 5.74) is 0.359. The maximum atomic E-state index is 13.6. The third-order valence-electron chi connectivity index (χ3n) is 5.15. The predicted molar refractivity (Wildman–Crippen MR) is 104 cm³/mol. The molecule has 10 heteroatoms. The van der Waals surface area contributed by atoms with E-state index < -0.39 is 25.7 Å². The smallest absolute Gasteiger partial charge is 0.240 e. The molecule has 0 radical (unpaired) electrons. The lowest BCUT2D eigenvalue weighted by molar-refractivity contribution is 0.344. The van der Waals surface area contributed by atoms with Crippen LogP contribution in [0.4, 0.5) is 4.39 Å². The van der Waals surface area contributed by atoms with Gasteiger partial charge in [-0.1, -0.05) is 0 Å². The molecule has 0 atom stereocenters. The third kappa shape index (κ3) is 3.77. The molecule has 2 aliphatic heterocycles. The number of benzene rings is 2. The lowest BCUT2D eigenvalue weighted by Crippen LogP contribution is -2.33. The van der Waals surface area contributed by atoms with Crippen molar-refractivity contribution in [1.82, 2.24) is 9.62 Å². The van der Waals surface area contributed by atoms with Gasteiger partial charge in [-0.2, -0.15) is 0 Å². The van der Waals surface area contributed by atoms with Crippen molar-refractivity contribution in [1.29, 1.82) is 0 Å². The van der Waals surface area contributed by atoms with Crippen LogP contribution in [-0.2, 0) is 19.9 Å². The van der Waals surface area contributed by atoms with Crippen molar-refractivity contribution in [3.8, 4) is 11.5 Å². The van der Waals surface area contributed by atoms with E-state index in [2.05, 4.69) is 9.62 Å². The van der Waals surface area contributed by atoms with Crippen LogP contribution < -0.4 is 9.46 Å². The van der Waals surface area contributed by atoms with E-state index in [0.29, 0.717) is 12.1 Å². The predicted octanol–water partition coefficient (Wildman–Crippen LogP) is 2.45. The number of ether oxygens (including phenoxy) is 1. The Morgan fingerprint density at radius 1 is 1.10 bits per heavy atom. The molecular weight excluding hydrogens is 419 g/mol. The molecule has 0 spiro atoms. The van der Waals surface area contributed by atoms with E-state index in [1.165, 1.54) is 12.1 Å². The Labute approximate surface area is 169 Å².